The first-order valence-electron chi connectivity index (χ1n) is 12.0. The first-order chi connectivity index (χ1) is 17.0. The lowest BCUT2D eigenvalue weighted by atomic mass is 10.1. The molecule has 1 aromatic heterocycles. The van der Waals surface area contributed by atoms with Crippen LogP contribution in [0.2, 0.25) is 0 Å². The van der Waals surface area contributed by atoms with Gasteiger partial charge in [-0.05, 0) is 30.2 Å². The minimum absolute atomic E-state index is 0.0503. The van der Waals surface area contributed by atoms with Gasteiger partial charge >= 0.3 is 6.09 Å². The van der Waals surface area contributed by atoms with Gasteiger partial charge in [0.25, 0.3) is 5.91 Å². The molecule has 2 aliphatic rings. The Morgan fingerprint density at radius 1 is 1.11 bits per heavy atom. The number of aromatic nitrogens is 1. The number of amides is 2. The molecule has 188 valence electrons. The zero-order chi connectivity index (χ0) is 24.6. The Balaban J connectivity index is 1.23. The maximum Gasteiger partial charge on any atom is 0.407 e. The van der Waals surface area contributed by atoms with Crippen molar-refractivity contribution in [1.29, 1.82) is 0 Å². The van der Waals surface area contributed by atoms with Gasteiger partial charge in [-0.15, -0.1) is 0 Å². The molecule has 1 aromatic carbocycles. The number of aliphatic hydroxyl groups excluding tert-OH is 1. The summed E-state index contributed by atoms with van der Waals surface area (Å²) in [6.07, 6.45) is -0.418. The second kappa shape index (κ2) is 11.9. The largest absolute Gasteiger partial charge is 0.477 e. The average Bonchev–Trinajstić information content (AvgIpc) is 3.29. The maximum absolute atomic E-state index is 12.7. The van der Waals surface area contributed by atoms with E-state index in [0.29, 0.717) is 32.7 Å². The molecule has 2 amide bonds. The maximum atomic E-state index is 12.7. The van der Waals surface area contributed by atoms with Crippen LogP contribution in [-0.4, -0.2) is 80.3 Å². The van der Waals surface area contributed by atoms with Gasteiger partial charge < -0.3 is 34.9 Å². The van der Waals surface area contributed by atoms with Crippen LogP contribution in [0.25, 0.3) is 0 Å². The van der Waals surface area contributed by atoms with E-state index in [2.05, 4.69) is 20.5 Å². The summed E-state index contributed by atoms with van der Waals surface area (Å²) in [4.78, 5) is 31.4. The number of rotatable bonds is 9. The number of carbonyl (C=O) groups is 2. The van der Waals surface area contributed by atoms with Crippen LogP contribution in [0.1, 0.15) is 28.4 Å². The van der Waals surface area contributed by atoms with Crippen LogP contribution >= 0.6 is 0 Å². The van der Waals surface area contributed by atoms with Gasteiger partial charge in [-0.25, -0.2) is 4.79 Å². The van der Waals surface area contributed by atoms with Gasteiger partial charge in [-0.2, -0.15) is 4.98 Å². The first kappa shape index (κ1) is 24.7. The monoisotopic (exact) mass is 484 g/mol. The highest BCUT2D eigenvalue weighted by molar-refractivity contribution is 5.96. The van der Waals surface area contributed by atoms with Crippen LogP contribution in [0.5, 0.6) is 5.88 Å². The molecule has 1 atom stereocenters. The van der Waals surface area contributed by atoms with Crippen molar-refractivity contribution >= 4 is 17.8 Å². The molecule has 1 fully saturated rings. The second-order valence-corrected chi connectivity index (χ2v) is 8.50. The van der Waals surface area contributed by atoms with Gasteiger partial charge in [0.15, 0.2) is 0 Å². The minimum Gasteiger partial charge on any atom is -0.477 e. The van der Waals surface area contributed by atoms with Gasteiger partial charge in [-0.3, -0.25) is 4.79 Å². The van der Waals surface area contributed by atoms with Gasteiger partial charge in [0, 0.05) is 39.0 Å². The molecule has 2 heterocycles. The van der Waals surface area contributed by atoms with E-state index in [0.717, 1.165) is 18.9 Å². The van der Waals surface area contributed by atoms with Gasteiger partial charge in [0.1, 0.15) is 17.5 Å². The summed E-state index contributed by atoms with van der Waals surface area (Å²) >= 11 is 0. The van der Waals surface area contributed by atoms with E-state index in [1.54, 1.807) is 12.1 Å². The molecule has 4 rings (SSSR count). The van der Waals surface area contributed by atoms with Crippen molar-refractivity contribution in [3.8, 4) is 5.88 Å². The second-order valence-electron chi connectivity index (χ2n) is 8.50. The Kier molecular flexibility index (Phi) is 8.38. The Hall–Kier alpha value is -3.37. The van der Waals surface area contributed by atoms with Crippen molar-refractivity contribution < 1.29 is 28.9 Å². The number of fused-ring (bicyclic) bond motifs is 1. The van der Waals surface area contributed by atoms with E-state index in [1.807, 2.05) is 31.2 Å². The lowest BCUT2D eigenvalue weighted by Crippen LogP contribution is -2.41. The number of anilines is 1. The standard InChI is InChI=1S/C25H32N4O6/c1-2-34-24-21(7-8-22(28-24)29-9-11-33-12-10-29)23(31)26-15-19(30)16-27-25(32)35-20-13-17-5-3-4-6-18(17)14-20/h3-8,19-20,30H,2,9-16H2,1H3,(H,26,31)(H,27,32)/t19-/m1/s1. The third kappa shape index (κ3) is 6.61. The molecule has 10 nitrogen and oxygen atoms in total. The lowest BCUT2D eigenvalue weighted by molar-refractivity contribution is 0.0884. The third-order valence-corrected chi connectivity index (χ3v) is 5.97. The lowest BCUT2D eigenvalue weighted by Gasteiger charge is -2.28. The van der Waals surface area contributed by atoms with E-state index in [9.17, 15) is 14.7 Å². The Morgan fingerprint density at radius 3 is 2.49 bits per heavy atom. The van der Waals surface area contributed by atoms with Crippen molar-refractivity contribution in [3.63, 3.8) is 0 Å². The molecular formula is C25H32N4O6. The van der Waals surface area contributed by atoms with E-state index in [-0.39, 0.29) is 30.6 Å². The van der Waals surface area contributed by atoms with Crippen molar-refractivity contribution in [3.05, 3.63) is 53.1 Å². The van der Waals surface area contributed by atoms with Crippen LogP contribution < -0.4 is 20.3 Å². The molecule has 0 unspecified atom stereocenters. The Bertz CT molecular complexity index is 1000. The summed E-state index contributed by atoms with van der Waals surface area (Å²) in [7, 11) is 0. The summed E-state index contributed by atoms with van der Waals surface area (Å²) in [6, 6.07) is 11.4. The molecule has 0 saturated carbocycles. The summed E-state index contributed by atoms with van der Waals surface area (Å²) < 4.78 is 16.4. The summed E-state index contributed by atoms with van der Waals surface area (Å²) in [6.45, 7) is 4.78. The molecule has 3 N–H and O–H groups in total. The molecule has 35 heavy (non-hydrogen) atoms. The van der Waals surface area contributed by atoms with Crippen molar-refractivity contribution in [1.82, 2.24) is 15.6 Å². The number of alkyl carbamates (subject to hydrolysis) is 1. The number of aliphatic hydroxyl groups is 1. The molecule has 0 bridgehead atoms. The van der Waals surface area contributed by atoms with Crippen LogP contribution in [0.3, 0.4) is 0 Å². The number of carbonyl (C=O) groups excluding carboxylic acids is 2. The van der Waals surface area contributed by atoms with Crippen molar-refractivity contribution in [2.45, 2.75) is 32.0 Å². The fourth-order valence-corrected chi connectivity index (χ4v) is 4.19. The van der Waals surface area contributed by atoms with Crippen molar-refractivity contribution in [2.75, 3.05) is 50.9 Å². The number of hydrogen-bond acceptors (Lipinski definition) is 8. The summed E-state index contributed by atoms with van der Waals surface area (Å²) in [5, 5.41) is 15.5. The summed E-state index contributed by atoms with van der Waals surface area (Å²) in [5.74, 6) is 0.545. The first-order valence-corrected chi connectivity index (χ1v) is 12.0. The summed E-state index contributed by atoms with van der Waals surface area (Å²) in [5.41, 5.74) is 2.66. The normalized spacial score (nSPS) is 16.3. The highest BCUT2D eigenvalue weighted by Gasteiger charge is 2.24. The number of nitrogens with one attached hydrogen (secondary N) is 2. The molecule has 0 radical (unpaired) electrons. The molecule has 2 aromatic rings. The van der Waals surface area contributed by atoms with Crippen LogP contribution in [0, 0.1) is 0 Å². The number of pyridine rings is 1. The average molecular weight is 485 g/mol. The predicted molar refractivity (Wildman–Crippen MR) is 129 cm³/mol. The molecule has 1 aliphatic heterocycles. The van der Waals surface area contributed by atoms with Crippen molar-refractivity contribution in [2.24, 2.45) is 0 Å². The van der Waals surface area contributed by atoms with E-state index in [1.165, 1.54) is 11.1 Å². The zero-order valence-corrected chi connectivity index (χ0v) is 19.9. The quantitative estimate of drug-likeness (QED) is 0.487. The van der Waals surface area contributed by atoms with Gasteiger partial charge in [0.2, 0.25) is 5.88 Å². The molecule has 10 heteroatoms. The minimum atomic E-state index is -0.983. The van der Waals surface area contributed by atoms with E-state index in [4.69, 9.17) is 14.2 Å². The van der Waals surface area contributed by atoms with Crippen LogP contribution in [-0.2, 0) is 22.3 Å². The van der Waals surface area contributed by atoms with Crippen LogP contribution in [0.15, 0.2) is 36.4 Å². The topological polar surface area (TPSA) is 122 Å². The Labute approximate surface area is 204 Å². The smallest absolute Gasteiger partial charge is 0.407 e. The third-order valence-electron chi connectivity index (χ3n) is 5.97. The molecular weight excluding hydrogens is 452 g/mol. The predicted octanol–water partition coefficient (Wildman–Crippen LogP) is 1.30. The van der Waals surface area contributed by atoms with Crippen LogP contribution in [0.4, 0.5) is 10.6 Å². The number of benzene rings is 1. The van der Waals surface area contributed by atoms with Gasteiger partial charge in [-0.1, -0.05) is 24.3 Å². The number of nitrogens with zero attached hydrogens (tertiary/aromatic N) is 2. The Morgan fingerprint density at radius 2 is 1.80 bits per heavy atom. The number of hydrogen-bond donors (Lipinski definition) is 3. The van der Waals surface area contributed by atoms with E-state index >= 15 is 0 Å². The van der Waals surface area contributed by atoms with E-state index < -0.39 is 18.1 Å². The fourth-order valence-electron chi connectivity index (χ4n) is 4.19. The number of ether oxygens (including phenoxy) is 3. The number of morpholine rings is 1. The fraction of sp³-hybridized carbons (Fsp3) is 0.480. The molecule has 1 aliphatic carbocycles. The molecule has 0 spiro atoms. The molecule has 1 saturated heterocycles. The zero-order valence-electron chi connectivity index (χ0n) is 19.9. The highest BCUT2D eigenvalue weighted by atomic mass is 16.6. The SMILES string of the molecule is CCOc1nc(N2CCOCC2)ccc1C(=O)NC[C@@H](O)CNC(=O)OC1Cc2ccccc2C1. The highest BCUT2D eigenvalue weighted by Crippen LogP contribution is 2.24. The van der Waals surface area contributed by atoms with Gasteiger partial charge in [0.05, 0.1) is 25.9 Å².